The number of aliphatic hydroxyl groups is 1. The van der Waals surface area contributed by atoms with Gasteiger partial charge in [0.2, 0.25) is 0 Å². The lowest BCUT2D eigenvalue weighted by atomic mass is 9.98. The van der Waals surface area contributed by atoms with Crippen molar-refractivity contribution in [2.75, 3.05) is 26.2 Å². The standard InChI is InChI=1S/C16H29N3OS/c1-16(2,3)15-18-12-14(21-15)11-17-7-4-8-19-9-5-13(20)6-10-19/h12-13,17,20H,4-11H2,1-3H3. The molecule has 1 fully saturated rings. The number of nitrogens with zero attached hydrogens (tertiary/aromatic N) is 2. The first kappa shape index (κ1) is 16.9. The first-order valence-corrected chi connectivity index (χ1v) is 8.83. The van der Waals surface area contributed by atoms with Crippen molar-refractivity contribution < 1.29 is 5.11 Å². The van der Waals surface area contributed by atoms with Gasteiger partial charge in [0.1, 0.15) is 0 Å². The lowest BCUT2D eigenvalue weighted by Gasteiger charge is -2.29. The van der Waals surface area contributed by atoms with E-state index in [9.17, 15) is 5.11 Å². The molecule has 1 aromatic heterocycles. The zero-order valence-corrected chi connectivity index (χ0v) is 14.4. The quantitative estimate of drug-likeness (QED) is 0.792. The predicted molar refractivity (Wildman–Crippen MR) is 88.8 cm³/mol. The molecule has 0 saturated carbocycles. The van der Waals surface area contributed by atoms with Crippen LogP contribution in [0.25, 0.3) is 0 Å². The maximum absolute atomic E-state index is 9.48. The Bertz CT molecular complexity index is 419. The molecule has 0 atom stereocenters. The Hall–Kier alpha value is -0.490. The van der Waals surface area contributed by atoms with E-state index in [1.165, 1.54) is 16.3 Å². The van der Waals surface area contributed by atoms with Crippen LogP contribution >= 0.6 is 11.3 Å². The summed E-state index contributed by atoms with van der Waals surface area (Å²) < 4.78 is 0. The monoisotopic (exact) mass is 311 g/mol. The molecule has 5 heteroatoms. The molecule has 1 aliphatic heterocycles. The Morgan fingerprint density at radius 1 is 1.38 bits per heavy atom. The third-order valence-corrected chi connectivity index (χ3v) is 5.30. The molecule has 2 N–H and O–H groups in total. The van der Waals surface area contributed by atoms with Crippen molar-refractivity contribution >= 4 is 11.3 Å². The summed E-state index contributed by atoms with van der Waals surface area (Å²) in [6.07, 6.45) is 4.97. The Labute approximate surface area is 132 Å². The number of hydrogen-bond acceptors (Lipinski definition) is 5. The van der Waals surface area contributed by atoms with Crippen molar-refractivity contribution in [3.8, 4) is 0 Å². The highest BCUT2D eigenvalue weighted by Gasteiger charge is 2.18. The molecular weight excluding hydrogens is 282 g/mol. The molecule has 0 spiro atoms. The summed E-state index contributed by atoms with van der Waals surface area (Å²) in [4.78, 5) is 8.29. The van der Waals surface area contributed by atoms with Crippen molar-refractivity contribution in [1.82, 2.24) is 15.2 Å². The van der Waals surface area contributed by atoms with Crippen LogP contribution in [0.2, 0.25) is 0 Å². The average Bonchev–Trinajstić information content (AvgIpc) is 2.89. The second kappa shape index (κ2) is 7.68. The fourth-order valence-corrected chi connectivity index (χ4v) is 3.46. The lowest BCUT2D eigenvalue weighted by molar-refractivity contribution is 0.0821. The molecule has 0 bridgehead atoms. The Kier molecular flexibility index (Phi) is 6.17. The minimum Gasteiger partial charge on any atom is -0.393 e. The Morgan fingerprint density at radius 3 is 2.71 bits per heavy atom. The molecule has 0 radical (unpaired) electrons. The Balaban J connectivity index is 1.58. The fraction of sp³-hybridized carbons (Fsp3) is 0.812. The summed E-state index contributed by atoms with van der Waals surface area (Å²) in [6.45, 7) is 11.8. The first-order valence-electron chi connectivity index (χ1n) is 8.01. The summed E-state index contributed by atoms with van der Waals surface area (Å²) in [6, 6.07) is 0. The van der Waals surface area contributed by atoms with E-state index >= 15 is 0 Å². The van der Waals surface area contributed by atoms with Crippen LogP contribution < -0.4 is 5.32 Å². The molecule has 0 unspecified atom stereocenters. The van der Waals surface area contributed by atoms with E-state index < -0.39 is 0 Å². The van der Waals surface area contributed by atoms with Gasteiger partial charge in [0.25, 0.3) is 0 Å². The second-order valence-corrected chi connectivity index (χ2v) is 8.10. The van der Waals surface area contributed by atoms with Crippen molar-refractivity contribution in [3.05, 3.63) is 16.1 Å². The van der Waals surface area contributed by atoms with Crippen molar-refractivity contribution in [2.45, 2.75) is 58.1 Å². The van der Waals surface area contributed by atoms with E-state index in [-0.39, 0.29) is 11.5 Å². The van der Waals surface area contributed by atoms with Crippen LogP contribution in [0.4, 0.5) is 0 Å². The highest BCUT2D eigenvalue weighted by atomic mass is 32.1. The molecule has 21 heavy (non-hydrogen) atoms. The van der Waals surface area contributed by atoms with Crippen molar-refractivity contribution in [3.63, 3.8) is 0 Å². The van der Waals surface area contributed by atoms with Crippen molar-refractivity contribution in [1.29, 1.82) is 0 Å². The van der Waals surface area contributed by atoms with Gasteiger partial charge >= 0.3 is 0 Å². The molecule has 0 aliphatic carbocycles. The summed E-state index contributed by atoms with van der Waals surface area (Å²) in [5, 5.41) is 14.2. The molecule has 120 valence electrons. The maximum atomic E-state index is 9.48. The van der Waals surface area contributed by atoms with E-state index in [0.717, 1.165) is 45.6 Å². The molecule has 4 nitrogen and oxygen atoms in total. The SMILES string of the molecule is CC(C)(C)c1ncc(CNCCCN2CCC(O)CC2)s1. The molecule has 1 saturated heterocycles. The number of piperidine rings is 1. The summed E-state index contributed by atoms with van der Waals surface area (Å²) >= 11 is 1.81. The van der Waals surface area contributed by atoms with Gasteiger partial charge < -0.3 is 15.3 Å². The van der Waals surface area contributed by atoms with E-state index in [1.54, 1.807) is 0 Å². The van der Waals surface area contributed by atoms with Gasteiger partial charge in [-0.3, -0.25) is 0 Å². The van der Waals surface area contributed by atoms with Crippen molar-refractivity contribution in [2.24, 2.45) is 0 Å². The second-order valence-electron chi connectivity index (χ2n) is 6.98. The van der Waals surface area contributed by atoms with E-state index in [0.29, 0.717) is 0 Å². The number of rotatable bonds is 6. The summed E-state index contributed by atoms with van der Waals surface area (Å²) in [5.74, 6) is 0. The smallest absolute Gasteiger partial charge is 0.0981 e. The first-order chi connectivity index (χ1) is 9.95. The third-order valence-electron chi connectivity index (χ3n) is 3.88. The molecule has 1 aliphatic rings. The highest BCUT2D eigenvalue weighted by Crippen LogP contribution is 2.26. The largest absolute Gasteiger partial charge is 0.393 e. The normalized spacial score (nSPS) is 18.3. The van der Waals surface area contributed by atoms with Crippen LogP contribution in [0, 0.1) is 0 Å². The summed E-state index contributed by atoms with van der Waals surface area (Å²) in [7, 11) is 0. The average molecular weight is 311 g/mol. The highest BCUT2D eigenvalue weighted by molar-refractivity contribution is 7.11. The van der Waals surface area contributed by atoms with Crippen LogP contribution in [0.15, 0.2) is 6.20 Å². The number of likely N-dealkylation sites (tertiary alicyclic amines) is 1. The van der Waals surface area contributed by atoms with Gasteiger partial charge in [-0.25, -0.2) is 4.98 Å². The zero-order chi connectivity index (χ0) is 15.3. The van der Waals surface area contributed by atoms with Crippen LogP contribution in [0.1, 0.15) is 49.9 Å². The van der Waals surface area contributed by atoms with Crippen LogP contribution in [0.3, 0.4) is 0 Å². The lowest BCUT2D eigenvalue weighted by Crippen LogP contribution is -2.37. The summed E-state index contributed by atoms with van der Waals surface area (Å²) in [5.41, 5.74) is 0.155. The van der Waals surface area contributed by atoms with Crippen LogP contribution in [-0.4, -0.2) is 47.3 Å². The van der Waals surface area contributed by atoms with Crippen LogP contribution in [-0.2, 0) is 12.0 Å². The third kappa shape index (κ3) is 5.66. The predicted octanol–water partition coefficient (Wildman–Crippen LogP) is 2.38. The number of nitrogens with one attached hydrogen (secondary N) is 1. The number of aromatic nitrogens is 1. The van der Waals surface area contributed by atoms with E-state index in [4.69, 9.17) is 0 Å². The molecule has 2 heterocycles. The molecule has 0 amide bonds. The molecule has 0 aromatic carbocycles. The zero-order valence-electron chi connectivity index (χ0n) is 13.6. The maximum Gasteiger partial charge on any atom is 0.0981 e. The van der Waals surface area contributed by atoms with E-state index in [2.05, 4.69) is 36.0 Å². The van der Waals surface area contributed by atoms with Gasteiger partial charge in [-0.1, -0.05) is 20.8 Å². The number of hydrogen-bond donors (Lipinski definition) is 2. The molecule has 2 rings (SSSR count). The minimum absolute atomic E-state index is 0.0669. The van der Waals surface area contributed by atoms with Gasteiger partial charge in [-0.15, -0.1) is 11.3 Å². The van der Waals surface area contributed by atoms with E-state index in [1.807, 2.05) is 17.5 Å². The molecule has 1 aromatic rings. The minimum atomic E-state index is -0.0669. The van der Waals surface area contributed by atoms with Gasteiger partial charge in [-0.05, 0) is 32.4 Å². The van der Waals surface area contributed by atoms with Gasteiger partial charge in [0.15, 0.2) is 0 Å². The van der Waals surface area contributed by atoms with Gasteiger partial charge in [0.05, 0.1) is 11.1 Å². The topological polar surface area (TPSA) is 48.4 Å². The number of thiazole rings is 1. The van der Waals surface area contributed by atoms with Gasteiger partial charge in [-0.2, -0.15) is 0 Å². The molecular formula is C16H29N3OS. The van der Waals surface area contributed by atoms with Crippen LogP contribution in [0.5, 0.6) is 0 Å². The Morgan fingerprint density at radius 2 is 2.10 bits per heavy atom. The fourth-order valence-electron chi connectivity index (χ4n) is 2.52. The van der Waals surface area contributed by atoms with Gasteiger partial charge in [0, 0.05) is 36.1 Å². The number of aliphatic hydroxyl groups excluding tert-OH is 1.